The highest BCUT2D eigenvalue weighted by atomic mass is 32.1. The van der Waals surface area contributed by atoms with Crippen LogP contribution in [0.3, 0.4) is 0 Å². The van der Waals surface area contributed by atoms with Gasteiger partial charge in [-0.3, -0.25) is 0 Å². The zero-order chi connectivity index (χ0) is 15.0. The monoisotopic (exact) mass is 304 g/mol. The van der Waals surface area contributed by atoms with E-state index in [1.807, 2.05) is 6.07 Å². The summed E-state index contributed by atoms with van der Waals surface area (Å²) in [6, 6.07) is 5.43. The molecule has 1 N–H and O–H groups in total. The lowest BCUT2D eigenvalue weighted by atomic mass is 9.92. The molecule has 2 nitrogen and oxygen atoms in total. The van der Waals surface area contributed by atoms with Crippen molar-refractivity contribution in [3.05, 3.63) is 50.7 Å². The molecule has 4 heteroatoms. The highest BCUT2D eigenvalue weighted by Gasteiger charge is 2.43. The Morgan fingerprint density at radius 3 is 2.86 bits per heavy atom. The van der Waals surface area contributed by atoms with Gasteiger partial charge in [-0.15, -0.1) is 11.3 Å². The summed E-state index contributed by atoms with van der Waals surface area (Å²) >= 11 is 1.75. The molecule has 1 aromatic heterocycles. The Morgan fingerprint density at radius 2 is 2.19 bits per heavy atom. The van der Waals surface area contributed by atoms with Gasteiger partial charge in [0.1, 0.15) is 10.8 Å². The lowest BCUT2D eigenvalue weighted by Gasteiger charge is -2.29. The molecular formula is C17H21FN2S. The fourth-order valence-electron chi connectivity index (χ4n) is 3.38. The highest BCUT2D eigenvalue weighted by Crippen LogP contribution is 2.44. The van der Waals surface area contributed by atoms with Gasteiger partial charge in [0, 0.05) is 4.88 Å². The molecule has 1 unspecified atom stereocenters. The molecule has 0 amide bonds. The quantitative estimate of drug-likeness (QED) is 0.925. The number of nitrogens with one attached hydrogen (secondary N) is 1. The van der Waals surface area contributed by atoms with Crippen LogP contribution >= 0.6 is 11.3 Å². The van der Waals surface area contributed by atoms with E-state index in [-0.39, 0.29) is 11.4 Å². The minimum atomic E-state index is -0.310. The largest absolute Gasteiger partial charge is 0.302 e. The van der Waals surface area contributed by atoms with E-state index in [4.69, 9.17) is 4.98 Å². The van der Waals surface area contributed by atoms with Crippen LogP contribution in [0.4, 0.5) is 4.39 Å². The van der Waals surface area contributed by atoms with Gasteiger partial charge in [0.2, 0.25) is 0 Å². The molecule has 21 heavy (non-hydrogen) atoms. The van der Waals surface area contributed by atoms with Crippen molar-refractivity contribution in [2.24, 2.45) is 0 Å². The maximum atomic E-state index is 14.1. The van der Waals surface area contributed by atoms with Crippen LogP contribution in [0, 0.1) is 12.7 Å². The first-order valence-corrected chi connectivity index (χ1v) is 8.43. The Morgan fingerprint density at radius 1 is 1.38 bits per heavy atom. The van der Waals surface area contributed by atoms with Crippen LogP contribution < -0.4 is 5.32 Å². The molecule has 1 aromatic carbocycles. The number of hydrogen-bond acceptors (Lipinski definition) is 3. The summed E-state index contributed by atoms with van der Waals surface area (Å²) in [5.41, 5.74) is 2.77. The first-order chi connectivity index (χ1) is 10.1. The molecule has 1 aliphatic carbocycles. The maximum absolute atomic E-state index is 14.1. The Bertz CT molecular complexity index is 665. The molecular weight excluding hydrogens is 283 g/mol. The number of rotatable bonds is 4. The zero-order valence-corrected chi connectivity index (χ0v) is 13.6. The molecule has 0 aliphatic heterocycles. The predicted octanol–water partition coefficient (Wildman–Crippen LogP) is 3.95. The van der Waals surface area contributed by atoms with Gasteiger partial charge < -0.3 is 5.32 Å². The summed E-state index contributed by atoms with van der Waals surface area (Å²) in [5.74, 6) is -0.0868. The van der Waals surface area contributed by atoms with Crippen LogP contribution in [-0.4, -0.2) is 11.5 Å². The van der Waals surface area contributed by atoms with Crippen LogP contribution in [0.2, 0.25) is 0 Å². The Hall–Kier alpha value is -1.26. The number of fused-ring (bicyclic) bond motifs is 1. The zero-order valence-electron chi connectivity index (χ0n) is 12.8. The molecule has 0 saturated carbocycles. The van der Waals surface area contributed by atoms with E-state index in [2.05, 4.69) is 32.2 Å². The van der Waals surface area contributed by atoms with Crippen molar-refractivity contribution in [2.45, 2.75) is 45.6 Å². The molecule has 0 bridgehead atoms. The Balaban J connectivity index is 2.17. The second kappa shape index (κ2) is 5.50. The van der Waals surface area contributed by atoms with Crippen LogP contribution in [-0.2, 0) is 18.4 Å². The third-order valence-electron chi connectivity index (χ3n) is 4.40. The topological polar surface area (TPSA) is 24.9 Å². The van der Waals surface area contributed by atoms with E-state index >= 15 is 0 Å². The average molecular weight is 304 g/mol. The number of thiazole rings is 1. The summed E-state index contributed by atoms with van der Waals surface area (Å²) in [6.07, 6.45) is 2.60. The van der Waals surface area contributed by atoms with Gasteiger partial charge in [0.25, 0.3) is 0 Å². The summed E-state index contributed by atoms with van der Waals surface area (Å²) in [4.78, 5) is 6.14. The van der Waals surface area contributed by atoms with E-state index in [0.717, 1.165) is 47.6 Å². The van der Waals surface area contributed by atoms with Gasteiger partial charge >= 0.3 is 0 Å². The minimum Gasteiger partial charge on any atom is -0.302 e. The maximum Gasteiger partial charge on any atom is 0.126 e. The van der Waals surface area contributed by atoms with E-state index in [1.54, 1.807) is 17.4 Å². The smallest absolute Gasteiger partial charge is 0.126 e. The summed E-state index contributed by atoms with van der Waals surface area (Å²) < 4.78 is 14.1. The van der Waals surface area contributed by atoms with E-state index in [9.17, 15) is 4.39 Å². The molecule has 0 radical (unpaired) electrons. The van der Waals surface area contributed by atoms with Gasteiger partial charge in [0.15, 0.2) is 0 Å². The molecule has 112 valence electrons. The third kappa shape index (κ3) is 2.21. The van der Waals surface area contributed by atoms with Crippen LogP contribution in [0.1, 0.15) is 47.0 Å². The van der Waals surface area contributed by atoms with Crippen LogP contribution in [0.15, 0.2) is 18.2 Å². The van der Waals surface area contributed by atoms with Crippen molar-refractivity contribution in [1.82, 2.24) is 10.3 Å². The van der Waals surface area contributed by atoms with E-state index in [0.29, 0.717) is 0 Å². The molecule has 0 saturated heterocycles. The first kappa shape index (κ1) is 14.7. The standard InChI is InChI=1S/C17H21FN2S/c1-4-15-11(3)21-16(20-15)17(19-5-2)10-9-12-13(17)7-6-8-14(12)18/h6-8,19H,4-5,9-10H2,1-3H3. The van der Waals surface area contributed by atoms with Crippen molar-refractivity contribution in [3.63, 3.8) is 0 Å². The third-order valence-corrected chi connectivity index (χ3v) is 5.57. The first-order valence-electron chi connectivity index (χ1n) is 7.62. The predicted molar refractivity (Wildman–Crippen MR) is 85.4 cm³/mol. The van der Waals surface area contributed by atoms with E-state index < -0.39 is 0 Å². The van der Waals surface area contributed by atoms with Crippen molar-refractivity contribution >= 4 is 11.3 Å². The molecule has 0 fully saturated rings. The van der Waals surface area contributed by atoms with Crippen molar-refractivity contribution in [2.75, 3.05) is 6.54 Å². The number of benzene rings is 1. The molecule has 1 heterocycles. The second-order valence-electron chi connectivity index (χ2n) is 5.58. The van der Waals surface area contributed by atoms with Gasteiger partial charge in [-0.25, -0.2) is 9.37 Å². The second-order valence-corrected chi connectivity index (χ2v) is 6.78. The number of aromatic nitrogens is 1. The van der Waals surface area contributed by atoms with Crippen LogP contribution in [0.5, 0.6) is 0 Å². The summed E-state index contributed by atoms with van der Waals surface area (Å²) in [7, 11) is 0. The number of aryl methyl sites for hydroxylation is 2. The van der Waals surface area contributed by atoms with Crippen LogP contribution in [0.25, 0.3) is 0 Å². The normalized spacial score (nSPS) is 20.8. The molecule has 1 aliphatic rings. The lowest BCUT2D eigenvalue weighted by molar-refractivity contribution is 0.407. The Labute approximate surface area is 129 Å². The molecule has 2 aromatic rings. The SMILES string of the molecule is CCNC1(c2nc(CC)c(C)s2)CCc2c(F)cccc21. The number of halogens is 1. The average Bonchev–Trinajstić information content (AvgIpc) is 3.03. The fourth-order valence-corrected chi connectivity index (χ4v) is 4.59. The highest BCUT2D eigenvalue weighted by molar-refractivity contribution is 7.11. The lowest BCUT2D eigenvalue weighted by Crippen LogP contribution is -2.41. The minimum absolute atomic E-state index is 0.0868. The molecule has 3 rings (SSSR count). The number of nitrogens with zero attached hydrogens (tertiary/aromatic N) is 1. The van der Waals surface area contributed by atoms with Gasteiger partial charge in [-0.05, 0) is 49.9 Å². The van der Waals surface area contributed by atoms with Crippen molar-refractivity contribution in [1.29, 1.82) is 0 Å². The van der Waals surface area contributed by atoms with Gasteiger partial charge in [-0.2, -0.15) is 0 Å². The summed E-state index contributed by atoms with van der Waals surface area (Å²) in [5, 5.41) is 4.69. The van der Waals surface area contributed by atoms with Gasteiger partial charge in [0.05, 0.1) is 11.2 Å². The molecule has 1 atom stereocenters. The van der Waals surface area contributed by atoms with E-state index in [1.165, 1.54) is 4.88 Å². The fraction of sp³-hybridized carbons (Fsp3) is 0.471. The Kier molecular flexibility index (Phi) is 3.84. The summed E-state index contributed by atoms with van der Waals surface area (Å²) in [6.45, 7) is 7.20. The number of hydrogen-bond donors (Lipinski definition) is 1. The molecule has 0 spiro atoms. The van der Waals surface area contributed by atoms with Crippen molar-refractivity contribution in [3.8, 4) is 0 Å². The van der Waals surface area contributed by atoms with Gasteiger partial charge in [-0.1, -0.05) is 26.0 Å². The van der Waals surface area contributed by atoms with Crippen molar-refractivity contribution < 1.29 is 4.39 Å².